The number of aliphatic hydroxyl groups is 1. The highest BCUT2D eigenvalue weighted by atomic mass is 32.2. The van der Waals surface area contributed by atoms with Gasteiger partial charge in [-0.3, -0.25) is 0 Å². The van der Waals surface area contributed by atoms with E-state index in [2.05, 4.69) is 4.72 Å². The van der Waals surface area contributed by atoms with Crippen LogP contribution in [0.1, 0.15) is 36.8 Å². The highest BCUT2D eigenvalue weighted by molar-refractivity contribution is 7.89. The fourth-order valence-corrected chi connectivity index (χ4v) is 4.41. The Labute approximate surface area is 114 Å². The van der Waals surface area contributed by atoms with E-state index in [1.165, 1.54) is 0 Å². The molecule has 1 saturated carbocycles. The molecule has 0 spiro atoms. The summed E-state index contributed by atoms with van der Waals surface area (Å²) in [4.78, 5) is 0.282. The van der Waals surface area contributed by atoms with E-state index in [4.69, 9.17) is 0 Å². The fraction of sp³-hybridized carbons (Fsp3) is 0.571. The van der Waals surface area contributed by atoms with Crippen molar-refractivity contribution >= 4 is 10.0 Å². The van der Waals surface area contributed by atoms with Crippen molar-refractivity contribution in [2.24, 2.45) is 0 Å². The fourth-order valence-electron chi connectivity index (χ4n) is 2.78. The molecular weight excluding hydrogens is 262 g/mol. The molecule has 5 heteroatoms. The summed E-state index contributed by atoms with van der Waals surface area (Å²) in [5.41, 5.74) is 1.17. The maximum Gasteiger partial charge on any atom is 0.241 e. The first-order valence-corrected chi connectivity index (χ1v) is 8.08. The van der Waals surface area contributed by atoms with E-state index in [1.807, 2.05) is 19.9 Å². The van der Waals surface area contributed by atoms with Gasteiger partial charge in [-0.2, -0.15) is 0 Å². The lowest BCUT2D eigenvalue weighted by atomic mass is 10.0. The minimum Gasteiger partial charge on any atom is -0.394 e. The number of rotatable bonds is 4. The van der Waals surface area contributed by atoms with Crippen LogP contribution in [-0.4, -0.2) is 25.7 Å². The molecule has 0 unspecified atom stereocenters. The SMILES string of the molecule is Cc1cc(C)cc(S(=O)(=O)NC2(CO)CCCC2)c1. The van der Waals surface area contributed by atoms with Crippen LogP contribution in [0.15, 0.2) is 23.1 Å². The number of hydrogen-bond acceptors (Lipinski definition) is 3. The lowest BCUT2D eigenvalue weighted by Crippen LogP contribution is -2.49. The predicted octanol–water partition coefficient (Wildman–Crippen LogP) is 1.89. The molecule has 106 valence electrons. The van der Waals surface area contributed by atoms with Crippen LogP contribution in [0.4, 0.5) is 0 Å². The molecule has 1 aromatic rings. The molecular formula is C14H21NO3S. The van der Waals surface area contributed by atoms with Crippen LogP contribution in [0, 0.1) is 13.8 Å². The molecule has 1 aliphatic rings. The standard InChI is InChI=1S/C14H21NO3S/c1-11-7-12(2)9-13(8-11)19(17,18)15-14(10-16)5-3-4-6-14/h7-9,15-16H,3-6,10H2,1-2H3. The lowest BCUT2D eigenvalue weighted by molar-refractivity contribution is 0.185. The van der Waals surface area contributed by atoms with Gasteiger partial charge in [-0.05, 0) is 49.9 Å². The van der Waals surface area contributed by atoms with Gasteiger partial charge in [0.25, 0.3) is 0 Å². The highest BCUT2D eigenvalue weighted by Gasteiger charge is 2.37. The molecule has 2 rings (SSSR count). The Bertz CT molecular complexity index is 540. The van der Waals surface area contributed by atoms with Crippen LogP contribution in [0.5, 0.6) is 0 Å². The Morgan fingerprint density at radius 3 is 2.16 bits per heavy atom. The number of sulfonamides is 1. The van der Waals surface area contributed by atoms with Crippen LogP contribution in [0.2, 0.25) is 0 Å². The van der Waals surface area contributed by atoms with Gasteiger partial charge in [-0.15, -0.1) is 0 Å². The van der Waals surface area contributed by atoms with E-state index in [1.54, 1.807) is 12.1 Å². The van der Waals surface area contributed by atoms with Crippen molar-refractivity contribution in [1.29, 1.82) is 0 Å². The van der Waals surface area contributed by atoms with E-state index in [9.17, 15) is 13.5 Å². The third-order valence-electron chi connectivity index (χ3n) is 3.72. The molecule has 1 aliphatic carbocycles. The maximum atomic E-state index is 12.4. The van der Waals surface area contributed by atoms with Gasteiger partial charge in [0.05, 0.1) is 17.0 Å². The molecule has 0 aromatic heterocycles. The lowest BCUT2D eigenvalue weighted by Gasteiger charge is -2.27. The second-order valence-electron chi connectivity index (χ2n) is 5.57. The number of benzene rings is 1. The summed E-state index contributed by atoms with van der Waals surface area (Å²) in [5, 5.41) is 9.51. The van der Waals surface area contributed by atoms with Gasteiger partial charge in [0.1, 0.15) is 0 Å². The highest BCUT2D eigenvalue weighted by Crippen LogP contribution is 2.31. The van der Waals surface area contributed by atoms with Gasteiger partial charge in [0, 0.05) is 0 Å². The van der Waals surface area contributed by atoms with Crippen molar-refractivity contribution in [3.05, 3.63) is 29.3 Å². The monoisotopic (exact) mass is 283 g/mol. The van der Waals surface area contributed by atoms with E-state index in [0.717, 1.165) is 24.0 Å². The molecule has 0 heterocycles. The molecule has 0 aliphatic heterocycles. The van der Waals surface area contributed by atoms with Gasteiger partial charge in [0.15, 0.2) is 0 Å². The number of aliphatic hydroxyl groups excluding tert-OH is 1. The van der Waals surface area contributed by atoms with Gasteiger partial charge in [-0.1, -0.05) is 18.9 Å². The van der Waals surface area contributed by atoms with E-state index >= 15 is 0 Å². The zero-order valence-electron chi connectivity index (χ0n) is 11.4. The molecule has 4 nitrogen and oxygen atoms in total. The number of hydrogen-bond donors (Lipinski definition) is 2. The van der Waals surface area contributed by atoms with Crippen LogP contribution in [0.3, 0.4) is 0 Å². The quantitative estimate of drug-likeness (QED) is 0.886. The first kappa shape index (κ1) is 14.5. The molecule has 1 aromatic carbocycles. The maximum absolute atomic E-state index is 12.4. The first-order valence-electron chi connectivity index (χ1n) is 6.60. The van der Waals surface area contributed by atoms with Crippen molar-refractivity contribution in [2.45, 2.75) is 50.0 Å². The van der Waals surface area contributed by atoms with E-state index in [0.29, 0.717) is 12.8 Å². The predicted molar refractivity (Wildman–Crippen MR) is 74.5 cm³/mol. The molecule has 2 N–H and O–H groups in total. The molecule has 0 radical (unpaired) electrons. The van der Waals surface area contributed by atoms with Crippen LogP contribution in [0.25, 0.3) is 0 Å². The third-order valence-corrected chi connectivity index (χ3v) is 5.28. The Morgan fingerprint density at radius 2 is 1.68 bits per heavy atom. The zero-order valence-corrected chi connectivity index (χ0v) is 12.3. The third kappa shape index (κ3) is 3.16. The summed E-state index contributed by atoms with van der Waals surface area (Å²) in [5.74, 6) is 0. The summed E-state index contributed by atoms with van der Waals surface area (Å²) in [6.07, 6.45) is 3.31. The Morgan fingerprint density at radius 1 is 1.16 bits per heavy atom. The first-order chi connectivity index (χ1) is 8.87. The molecule has 0 saturated heterocycles. The average molecular weight is 283 g/mol. The Hall–Kier alpha value is -0.910. The topological polar surface area (TPSA) is 66.4 Å². The average Bonchev–Trinajstić information content (AvgIpc) is 2.76. The van der Waals surface area contributed by atoms with Crippen LogP contribution < -0.4 is 4.72 Å². The number of aryl methyl sites for hydroxylation is 2. The second kappa shape index (κ2) is 5.23. The summed E-state index contributed by atoms with van der Waals surface area (Å²) in [6, 6.07) is 5.26. The van der Waals surface area contributed by atoms with E-state index < -0.39 is 15.6 Å². The molecule has 1 fully saturated rings. The molecule has 0 amide bonds. The van der Waals surface area contributed by atoms with Gasteiger partial charge in [-0.25, -0.2) is 13.1 Å². The summed E-state index contributed by atoms with van der Waals surface area (Å²) in [6.45, 7) is 3.61. The molecule has 0 bridgehead atoms. The zero-order chi connectivity index (χ0) is 14.1. The summed E-state index contributed by atoms with van der Waals surface area (Å²) < 4.78 is 27.6. The number of nitrogens with one attached hydrogen (secondary N) is 1. The smallest absolute Gasteiger partial charge is 0.241 e. The van der Waals surface area contributed by atoms with Crippen molar-refractivity contribution in [3.8, 4) is 0 Å². The minimum absolute atomic E-state index is 0.142. The van der Waals surface area contributed by atoms with Gasteiger partial charge < -0.3 is 5.11 Å². The summed E-state index contributed by atoms with van der Waals surface area (Å²) >= 11 is 0. The van der Waals surface area contributed by atoms with Crippen molar-refractivity contribution in [2.75, 3.05) is 6.61 Å². The van der Waals surface area contributed by atoms with Crippen molar-refractivity contribution in [1.82, 2.24) is 4.72 Å². The van der Waals surface area contributed by atoms with E-state index in [-0.39, 0.29) is 11.5 Å². The molecule has 19 heavy (non-hydrogen) atoms. The normalized spacial score (nSPS) is 18.7. The van der Waals surface area contributed by atoms with Crippen molar-refractivity contribution in [3.63, 3.8) is 0 Å². The van der Waals surface area contributed by atoms with Gasteiger partial charge in [0.2, 0.25) is 10.0 Å². The van der Waals surface area contributed by atoms with Crippen molar-refractivity contribution < 1.29 is 13.5 Å². The second-order valence-corrected chi connectivity index (χ2v) is 7.26. The largest absolute Gasteiger partial charge is 0.394 e. The Kier molecular flexibility index (Phi) is 3.99. The summed E-state index contributed by atoms with van der Waals surface area (Å²) in [7, 11) is -3.57. The Balaban J connectivity index is 2.32. The molecule has 0 atom stereocenters. The van der Waals surface area contributed by atoms with Crippen LogP contribution in [-0.2, 0) is 10.0 Å². The minimum atomic E-state index is -3.57. The van der Waals surface area contributed by atoms with Crippen LogP contribution >= 0.6 is 0 Å². The van der Waals surface area contributed by atoms with Gasteiger partial charge >= 0.3 is 0 Å².